The number of ether oxygens (including phenoxy) is 4. The Bertz CT molecular complexity index is 208. The van der Waals surface area contributed by atoms with Gasteiger partial charge in [-0.05, 0) is 0 Å². The first kappa shape index (κ1) is 10.5. The van der Waals surface area contributed by atoms with E-state index in [9.17, 15) is 18.4 Å². The molecule has 80 valence electrons. The van der Waals surface area contributed by atoms with E-state index in [2.05, 4.69) is 18.9 Å². The minimum atomic E-state index is -1.55. The monoisotopic (exact) mass is 212 g/mol. The molecule has 2 unspecified atom stereocenters. The summed E-state index contributed by atoms with van der Waals surface area (Å²) in [5, 5.41) is 0. The van der Waals surface area contributed by atoms with Crippen LogP contribution in [0.2, 0.25) is 0 Å². The van der Waals surface area contributed by atoms with Gasteiger partial charge in [0.1, 0.15) is 0 Å². The van der Waals surface area contributed by atoms with Crippen LogP contribution in [0.5, 0.6) is 0 Å². The van der Waals surface area contributed by atoms with Crippen LogP contribution < -0.4 is 0 Å². The number of halogens is 2. The van der Waals surface area contributed by atoms with Gasteiger partial charge in [-0.2, -0.15) is 8.78 Å². The molecule has 0 bridgehead atoms. The van der Waals surface area contributed by atoms with Gasteiger partial charge in [0.05, 0.1) is 0 Å². The second-order valence-electron chi connectivity index (χ2n) is 2.18. The van der Waals surface area contributed by atoms with E-state index in [1.54, 1.807) is 0 Å². The molecule has 2 aliphatic rings. The molecule has 2 saturated heterocycles. The second kappa shape index (κ2) is 4.58. The fourth-order valence-corrected chi connectivity index (χ4v) is 0.612. The minimum absolute atomic E-state index is 0.265. The molecule has 0 N–H and O–H groups in total. The van der Waals surface area contributed by atoms with Crippen LogP contribution in [0.15, 0.2) is 0 Å². The molecule has 2 heterocycles. The van der Waals surface area contributed by atoms with Gasteiger partial charge >= 0.3 is 12.3 Å². The van der Waals surface area contributed by atoms with Gasteiger partial charge in [-0.3, -0.25) is 0 Å². The molecule has 0 radical (unpaired) electrons. The molecule has 14 heavy (non-hydrogen) atoms. The molecule has 6 nitrogen and oxygen atoms in total. The minimum Gasteiger partial charge on any atom is -0.427 e. The van der Waals surface area contributed by atoms with Crippen LogP contribution in [0.4, 0.5) is 18.4 Å². The Hall–Kier alpha value is -1.60. The predicted octanol–water partition coefficient (Wildman–Crippen LogP) is 0.898. The summed E-state index contributed by atoms with van der Waals surface area (Å²) in [5.74, 6) is 0. The Morgan fingerprint density at radius 3 is 1.36 bits per heavy atom. The fourth-order valence-electron chi connectivity index (χ4n) is 0.612. The van der Waals surface area contributed by atoms with E-state index < -0.39 is 25.0 Å². The van der Waals surface area contributed by atoms with Crippen LogP contribution in [0.3, 0.4) is 0 Å². The third kappa shape index (κ3) is 3.42. The Morgan fingerprint density at radius 1 is 0.929 bits per heavy atom. The zero-order chi connectivity index (χ0) is 10.6. The molecule has 0 aromatic heterocycles. The van der Waals surface area contributed by atoms with E-state index in [0.29, 0.717) is 0 Å². The van der Waals surface area contributed by atoms with Gasteiger partial charge in [0.2, 0.25) is 0 Å². The molecule has 0 spiro atoms. The average Bonchev–Trinajstić information content (AvgIpc) is 2.63. The Kier molecular flexibility index (Phi) is 3.43. The van der Waals surface area contributed by atoms with Crippen LogP contribution in [0.25, 0.3) is 0 Å². The maximum atomic E-state index is 11.6. The Labute approximate surface area is 76.7 Å². The molecule has 2 aliphatic heterocycles. The summed E-state index contributed by atoms with van der Waals surface area (Å²) in [7, 11) is 0. The van der Waals surface area contributed by atoms with Crippen molar-refractivity contribution in [2.75, 3.05) is 13.2 Å². The molecule has 0 amide bonds. The molecule has 8 heteroatoms. The van der Waals surface area contributed by atoms with E-state index in [1.165, 1.54) is 0 Å². The van der Waals surface area contributed by atoms with Crippen molar-refractivity contribution in [3.8, 4) is 0 Å². The van der Waals surface area contributed by atoms with Gasteiger partial charge in [0.25, 0.3) is 12.7 Å². The van der Waals surface area contributed by atoms with Gasteiger partial charge in [-0.15, -0.1) is 0 Å². The first-order chi connectivity index (χ1) is 6.58. The molecule has 2 fully saturated rings. The first-order valence-electron chi connectivity index (χ1n) is 3.53. The smallest absolute Gasteiger partial charge is 0.427 e. The lowest BCUT2D eigenvalue weighted by Crippen LogP contribution is -1.98. The summed E-state index contributed by atoms with van der Waals surface area (Å²) < 4.78 is 38.9. The van der Waals surface area contributed by atoms with Crippen molar-refractivity contribution in [2.45, 2.75) is 12.7 Å². The number of hydrogen-bond acceptors (Lipinski definition) is 6. The fraction of sp³-hybridized carbons (Fsp3) is 0.667. The molecule has 0 aromatic rings. The lowest BCUT2D eigenvalue weighted by Gasteiger charge is -1.85. The third-order valence-electron chi connectivity index (χ3n) is 1.11. The Balaban J connectivity index is 0.000000140. The van der Waals surface area contributed by atoms with E-state index in [0.717, 1.165) is 0 Å². The lowest BCUT2D eigenvalue weighted by atomic mass is 10.8. The maximum absolute atomic E-state index is 11.6. The van der Waals surface area contributed by atoms with E-state index in [4.69, 9.17) is 0 Å². The molecular formula is C6H6F2O6. The van der Waals surface area contributed by atoms with Crippen molar-refractivity contribution in [3.63, 3.8) is 0 Å². The highest BCUT2D eigenvalue weighted by Gasteiger charge is 2.23. The third-order valence-corrected chi connectivity index (χ3v) is 1.11. The van der Waals surface area contributed by atoms with Crippen molar-refractivity contribution in [2.24, 2.45) is 0 Å². The van der Waals surface area contributed by atoms with Crippen LogP contribution in [-0.4, -0.2) is 38.2 Å². The number of carbonyl (C=O) groups is 2. The lowest BCUT2D eigenvalue weighted by molar-refractivity contribution is 0.0562. The number of rotatable bonds is 0. The topological polar surface area (TPSA) is 71.1 Å². The van der Waals surface area contributed by atoms with E-state index in [1.807, 2.05) is 0 Å². The maximum Gasteiger partial charge on any atom is 0.511 e. The number of alkyl halides is 2. The van der Waals surface area contributed by atoms with Gasteiger partial charge in [-0.1, -0.05) is 0 Å². The van der Waals surface area contributed by atoms with Gasteiger partial charge in [-0.25, -0.2) is 9.59 Å². The SMILES string of the molecule is O=C1OCC(F)O1.O=C1OCC(F)O1. The van der Waals surface area contributed by atoms with Crippen LogP contribution in [0, 0.1) is 0 Å². The zero-order valence-electron chi connectivity index (χ0n) is 6.77. The van der Waals surface area contributed by atoms with Gasteiger partial charge in [0, 0.05) is 0 Å². The second-order valence-corrected chi connectivity index (χ2v) is 2.18. The highest BCUT2D eigenvalue weighted by atomic mass is 19.2. The molecule has 0 saturated carbocycles. The Morgan fingerprint density at radius 2 is 1.29 bits per heavy atom. The summed E-state index contributed by atoms with van der Waals surface area (Å²) in [4.78, 5) is 19.5. The van der Waals surface area contributed by atoms with E-state index in [-0.39, 0.29) is 13.2 Å². The van der Waals surface area contributed by atoms with Gasteiger partial charge < -0.3 is 18.9 Å². The summed E-state index contributed by atoms with van der Waals surface area (Å²) >= 11 is 0. The first-order valence-corrected chi connectivity index (χ1v) is 3.53. The summed E-state index contributed by atoms with van der Waals surface area (Å²) in [5.41, 5.74) is 0. The average molecular weight is 212 g/mol. The summed E-state index contributed by atoms with van der Waals surface area (Å²) in [6.45, 7) is -0.530. The molecule has 2 atom stereocenters. The van der Waals surface area contributed by atoms with Crippen molar-refractivity contribution in [1.82, 2.24) is 0 Å². The van der Waals surface area contributed by atoms with E-state index >= 15 is 0 Å². The van der Waals surface area contributed by atoms with Crippen LogP contribution >= 0.6 is 0 Å². The van der Waals surface area contributed by atoms with Crippen molar-refractivity contribution in [1.29, 1.82) is 0 Å². The quantitative estimate of drug-likeness (QED) is 0.555. The molecule has 0 aromatic carbocycles. The van der Waals surface area contributed by atoms with Crippen LogP contribution in [0.1, 0.15) is 0 Å². The number of cyclic esters (lactones) is 4. The highest BCUT2D eigenvalue weighted by molar-refractivity contribution is 5.61. The highest BCUT2D eigenvalue weighted by Crippen LogP contribution is 2.05. The van der Waals surface area contributed by atoms with Crippen molar-refractivity contribution < 1.29 is 37.3 Å². The standard InChI is InChI=1S/2C3H3FO3/c2*4-2-1-6-3(5)7-2/h2*2H,1H2. The molecular weight excluding hydrogens is 206 g/mol. The number of hydrogen-bond donors (Lipinski definition) is 0. The summed E-state index contributed by atoms with van der Waals surface area (Å²) in [6, 6.07) is 0. The van der Waals surface area contributed by atoms with Crippen molar-refractivity contribution >= 4 is 12.3 Å². The van der Waals surface area contributed by atoms with Crippen LogP contribution in [-0.2, 0) is 18.9 Å². The molecule has 2 rings (SSSR count). The number of carbonyl (C=O) groups excluding carboxylic acids is 2. The molecule has 0 aliphatic carbocycles. The predicted molar refractivity (Wildman–Crippen MR) is 34.7 cm³/mol. The largest absolute Gasteiger partial charge is 0.511 e. The zero-order valence-corrected chi connectivity index (χ0v) is 6.77. The van der Waals surface area contributed by atoms with Crippen molar-refractivity contribution in [3.05, 3.63) is 0 Å². The normalized spacial score (nSPS) is 29.3. The summed E-state index contributed by atoms with van der Waals surface area (Å²) in [6.07, 6.45) is -4.94. The van der Waals surface area contributed by atoms with Gasteiger partial charge in [0.15, 0.2) is 13.2 Å².